The molecule has 1 aromatic carbocycles. The Hall–Kier alpha value is -4.36. The fourth-order valence-corrected chi connectivity index (χ4v) is 5.17. The number of aryl methyl sites for hydroxylation is 2. The van der Waals surface area contributed by atoms with Crippen LogP contribution < -0.4 is 16.3 Å². The lowest BCUT2D eigenvalue weighted by Gasteiger charge is -2.19. The monoisotopic (exact) mass is 598 g/mol. The number of nitrogens with one attached hydrogen (secondary N) is 2. The van der Waals surface area contributed by atoms with Crippen molar-refractivity contribution in [2.75, 3.05) is 17.2 Å². The summed E-state index contributed by atoms with van der Waals surface area (Å²) < 4.78 is 45.6. The number of anilines is 2. The van der Waals surface area contributed by atoms with E-state index in [2.05, 4.69) is 34.5 Å². The molecule has 0 spiro atoms. The molecule has 210 valence electrons. The van der Waals surface area contributed by atoms with Gasteiger partial charge in [0.05, 0.1) is 11.3 Å². The number of nitrogens with zero attached hydrogens (tertiary/aromatic N) is 6. The lowest BCUT2D eigenvalue weighted by Crippen LogP contribution is -2.17. The summed E-state index contributed by atoms with van der Waals surface area (Å²) >= 11 is 1.28. The Balaban J connectivity index is 0.00000337. The number of halogens is 4. The summed E-state index contributed by atoms with van der Waals surface area (Å²) in [7, 11) is 0. The van der Waals surface area contributed by atoms with Gasteiger partial charge in [0.15, 0.2) is 0 Å². The van der Waals surface area contributed by atoms with E-state index in [1.54, 1.807) is 18.3 Å². The third-order valence-electron chi connectivity index (χ3n) is 6.42. The van der Waals surface area contributed by atoms with Crippen LogP contribution in [-0.4, -0.2) is 36.3 Å². The first-order valence-electron chi connectivity index (χ1n) is 12.2. The quantitative estimate of drug-likeness (QED) is 0.268. The molecule has 0 saturated carbocycles. The SMILES string of the molecule is Cc1cc(/N=c2\ncc3cc(-c4cc(NC(=O)c5cc(C(F)(F)F)ccn5)ccc4C)c4n(c-3n2)CCN4)sn1.Cl. The van der Waals surface area contributed by atoms with Crippen LogP contribution in [0, 0.1) is 13.8 Å². The van der Waals surface area contributed by atoms with E-state index in [0.717, 1.165) is 62.9 Å². The van der Waals surface area contributed by atoms with Gasteiger partial charge < -0.3 is 15.2 Å². The van der Waals surface area contributed by atoms with E-state index in [1.807, 2.05) is 32.0 Å². The molecule has 0 aliphatic carbocycles. The van der Waals surface area contributed by atoms with E-state index < -0.39 is 17.6 Å². The molecule has 6 rings (SSSR count). The number of hydrogen-bond acceptors (Lipinski definition) is 8. The van der Waals surface area contributed by atoms with Crippen LogP contribution in [-0.2, 0) is 12.7 Å². The molecule has 0 unspecified atom stereocenters. The highest BCUT2D eigenvalue weighted by molar-refractivity contribution is 7.09. The maximum absolute atomic E-state index is 13.1. The normalized spacial score (nSPS) is 13.0. The van der Waals surface area contributed by atoms with Crippen LogP contribution in [0.15, 0.2) is 59.9 Å². The van der Waals surface area contributed by atoms with E-state index in [0.29, 0.717) is 24.4 Å². The minimum atomic E-state index is -4.57. The molecule has 3 aliphatic rings. The van der Waals surface area contributed by atoms with Gasteiger partial charge in [0, 0.05) is 42.3 Å². The van der Waals surface area contributed by atoms with Crippen LogP contribution in [0.3, 0.4) is 0 Å². The largest absolute Gasteiger partial charge is 0.416 e. The number of carbonyl (C=O) groups is 1. The number of benzene rings is 1. The Kier molecular flexibility index (Phi) is 7.49. The van der Waals surface area contributed by atoms with Crippen LogP contribution in [0.2, 0.25) is 0 Å². The third-order valence-corrected chi connectivity index (χ3v) is 7.20. The Bertz CT molecular complexity index is 1820. The van der Waals surface area contributed by atoms with E-state index >= 15 is 0 Å². The van der Waals surface area contributed by atoms with Crippen LogP contribution in [0.4, 0.5) is 29.7 Å². The van der Waals surface area contributed by atoms with Crippen LogP contribution >= 0.6 is 23.9 Å². The summed E-state index contributed by atoms with van der Waals surface area (Å²) in [5.74, 6) is 0.853. The zero-order valence-electron chi connectivity index (χ0n) is 21.7. The summed E-state index contributed by atoms with van der Waals surface area (Å²) in [5.41, 5.74) is 3.85. The fraction of sp³-hybridized carbons (Fsp3) is 0.185. The van der Waals surface area contributed by atoms with Crippen LogP contribution in [0.5, 0.6) is 0 Å². The van der Waals surface area contributed by atoms with Gasteiger partial charge in [-0.2, -0.15) is 27.5 Å². The average molecular weight is 599 g/mol. The first kappa shape index (κ1) is 28.2. The predicted octanol–water partition coefficient (Wildman–Crippen LogP) is 5.87. The zero-order chi connectivity index (χ0) is 28.0. The van der Waals surface area contributed by atoms with E-state index in [-0.39, 0.29) is 18.1 Å². The van der Waals surface area contributed by atoms with Crippen molar-refractivity contribution in [2.24, 2.45) is 4.99 Å². The number of alkyl halides is 3. The third kappa shape index (κ3) is 5.63. The number of pyridine rings is 2. The second-order valence-electron chi connectivity index (χ2n) is 9.26. The number of carbonyl (C=O) groups excluding carboxylic acids is 1. The van der Waals surface area contributed by atoms with Gasteiger partial charge in [-0.1, -0.05) is 6.07 Å². The van der Waals surface area contributed by atoms with Gasteiger partial charge in [0.2, 0.25) is 0 Å². The second-order valence-corrected chi connectivity index (χ2v) is 10.0. The van der Waals surface area contributed by atoms with Crippen molar-refractivity contribution in [1.29, 1.82) is 0 Å². The maximum atomic E-state index is 13.1. The minimum absolute atomic E-state index is 0. The molecule has 3 aliphatic heterocycles. The molecule has 2 N–H and O–H groups in total. The minimum Gasteiger partial charge on any atom is -0.369 e. The van der Waals surface area contributed by atoms with E-state index in [9.17, 15) is 18.0 Å². The van der Waals surface area contributed by atoms with Crippen molar-refractivity contribution in [2.45, 2.75) is 26.6 Å². The molecule has 3 aromatic rings. The highest BCUT2D eigenvalue weighted by Crippen LogP contribution is 2.39. The zero-order valence-corrected chi connectivity index (χ0v) is 23.3. The standard InChI is InChI=1S/C27H21F3N8OS.ClH/c1-14-3-4-18(34-25(39)21-11-17(5-6-31-21)27(28,29)30)12-19(14)20-10-16-13-33-26(35-22-9-15(2)37-40-22)36-23(16)38-8-7-32-24(20)38;/h3-6,9-13,32H,7-8H2,1-2H3,(H,34,39);1H/b35-26+;. The van der Waals surface area contributed by atoms with Gasteiger partial charge in [-0.05, 0) is 72.9 Å². The number of amides is 1. The molecule has 0 atom stereocenters. The number of fused-ring (bicyclic) bond motifs is 3. The number of hydrogen-bond donors (Lipinski definition) is 2. The summed E-state index contributed by atoms with van der Waals surface area (Å²) in [5, 5.41) is 6.82. The Labute approximate surface area is 242 Å². The van der Waals surface area contributed by atoms with Crippen molar-refractivity contribution >= 4 is 46.4 Å². The van der Waals surface area contributed by atoms with Crippen molar-refractivity contribution < 1.29 is 18.0 Å². The Morgan fingerprint density at radius 3 is 2.68 bits per heavy atom. The van der Waals surface area contributed by atoms with Crippen molar-refractivity contribution in [1.82, 2.24) is 23.9 Å². The summed E-state index contributed by atoms with van der Waals surface area (Å²) in [6.07, 6.45) is -1.88. The Morgan fingerprint density at radius 1 is 1.10 bits per heavy atom. The highest BCUT2D eigenvalue weighted by atomic mass is 35.5. The Morgan fingerprint density at radius 2 is 1.93 bits per heavy atom. The lowest BCUT2D eigenvalue weighted by molar-refractivity contribution is -0.137. The van der Waals surface area contributed by atoms with Gasteiger partial charge in [-0.3, -0.25) is 9.78 Å². The molecule has 0 fully saturated rings. The summed E-state index contributed by atoms with van der Waals surface area (Å²) in [6, 6.07) is 10.7. The van der Waals surface area contributed by atoms with Crippen LogP contribution in [0.25, 0.3) is 22.5 Å². The molecule has 14 heteroatoms. The molecular formula is C27H22ClF3N8OS. The molecule has 41 heavy (non-hydrogen) atoms. The number of rotatable bonds is 4. The van der Waals surface area contributed by atoms with Crippen molar-refractivity contribution in [3.63, 3.8) is 0 Å². The van der Waals surface area contributed by atoms with E-state index in [4.69, 9.17) is 4.98 Å². The highest BCUT2D eigenvalue weighted by Gasteiger charge is 2.31. The topological polar surface area (TPSA) is 110 Å². The molecular weight excluding hydrogens is 577 g/mol. The molecule has 5 heterocycles. The van der Waals surface area contributed by atoms with Crippen LogP contribution in [0.1, 0.15) is 27.3 Å². The smallest absolute Gasteiger partial charge is 0.369 e. The lowest BCUT2D eigenvalue weighted by atomic mass is 9.98. The van der Waals surface area contributed by atoms with Crippen molar-refractivity contribution in [3.8, 4) is 22.5 Å². The molecule has 2 aromatic heterocycles. The first-order chi connectivity index (χ1) is 19.2. The number of aromatic nitrogens is 5. The first-order valence-corrected chi connectivity index (χ1v) is 13.0. The van der Waals surface area contributed by atoms with Gasteiger partial charge in [-0.25, -0.2) is 4.98 Å². The van der Waals surface area contributed by atoms with Gasteiger partial charge in [0.1, 0.15) is 22.3 Å². The molecule has 0 radical (unpaired) electrons. The van der Waals surface area contributed by atoms with Gasteiger partial charge >= 0.3 is 6.18 Å². The van der Waals surface area contributed by atoms with E-state index in [1.165, 1.54) is 11.5 Å². The molecule has 0 saturated heterocycles. The van der Waals surface area contributed by atoms with Crippen molar-refractivity contribution in [3.05, 3.63) is 83.0 Å². The van der Waals surface area contributed by atoms with Gasteiger partial charge in [-0.15, -0.1) is 12.4 Å². The fourth-order valence-electron chi connectivity index (χ4n) is 4.54. The predicted molar refractivity (Wildman–Crippen MR) is 152 cm³/mol. The summed E-state index contributed by atoms with van der Waals surface area (Å²) in [6.45, 7) is 5.23. The molecule has 1 amide bonds. The molecule has 0 bridgehead atoms. The molecule has 9 nitrogen and oxygen atoms in total. The van der Waals surface area contributed by atoms with Gasteiger partial charge in [0.25, 0.3) is 11.5 Å². The second kappa shape index (κ2) is 10.9. The maximum Gasteiger partial charge on any atom is 0.416 e. The average Bonchev–Trinajstić information content (AvgIpc) is 3.58. The summed E-state index contributed by atoms with van der Waals surface area (Å²) in [4.78, 5) is 30.2.